The van der Waals surface area contributed by atoms with E-state index < -0.39 is 71.6 Å². The molecule has 13 nitrogen and oxygen atoms in total. The number of unbranched alkanes of at least 4 members (excludes halogenated alkanes) is 10. The Kier molecular flexibility index (Phi) is 22.2. The first-order chi connectivity index (χ1) is 27.0. The Morgan fingerprint density at radius 3 is 1.82 bits per heavy atom. The molecule has 1 fully saturated rings. The van der Waals surface area contributed by atoms with Crippen LogP contribution in [0.25, 0.3) is 0 Å². The van der Waals surface area contributed by atoms with Gasteiger partial charge < -0.3 is 29.7 Å². The third kappa shape index (κ3) is 19.2. The molecule has 4 N–H and O–H groups in total. The molecule has 1 saturated heterocycles. The van der Waals surface area contributed by atoms with E-state index in [-0.39, 0.29) is 19.3 Å². The van der Waals surface area contributed by atoms with Crippen molar-refractivity contribution in [1.82, 2.24) is 5.32 Å². The number of carbonyl (C=O) groups is 3. The number of aryl methyl sites for hydroxylation is 2. The topological polar surface area (TPSA) is 195 Å². The van der Waals surface area contributed by atoms with Gasteiger partial charge in [-0.15, -0.1) is 0 Å². The van der Waals surface area contributed by atoms with Crippen LogP contribution in [-0.2, 0) is 56.0 Å². The molecule has 1 heterocycles. The van der Waals surface area contributed by atoms with Gasteiger partial charge in [0.15, 0.2) is 12.4 Å². The highest BCUT2D eigenvalue weighted by atomic mass is 32.3. The van der Waals surface area contributed by atoms with Crippen molar-refractivity contribution >= 4 is 28.2 Å². The van der Waals surface area contributed by atoms with E-state index in [0.29, 0.717) is 32.1 Å². The van der Waals surface area contributed by atoms with Crippen LogP contribution in [0, 0.1) is 0 Å². The molecular weight excluding hydrogens is 743 g/mol. The van der Waals surface area contributed by atoms with Crippen molar-refractivity contribution in [3.05, 3.63) is 71.8 Å². The summed E-state index contributed by atoms with van der Waals surface area (Å²) >= 11 is 0. The first-order valence-corrected chi connectivity index (χ1v) is 21.7. The van der Waals surface area contributed by atoms with Crippen LogP contribution in [0.2, 0.25) is 0 Å². The predicted molar refractivity (Wildman–Crippen MR) is 211 cm³/mol. The number of carbonyl (C=O) groups excluding carboxylic acids is 3. The normalized spacial score (nSPS) is 20.2. The summed E-state index contributed by atoms with van der Waals surface area (Å²) in [5.41, 5.74) is 2.27. The Bertz CT molecular complexity index is 1510. The van der Waals surface area contributed by atoms with Gasteiger partial charge >= 0.3 is 22.3 Å². The summed E-state index contributed by atoms with van der Waals surface area (Å²) in [7, 11) is -5.17. The molecule has 2 aromatic carbocycles. The van der Waals surface area contributed by atoms with Crippen LogP contribution in [0.15, 0.2) is 60.7 Å². The summed E-state index contributed by atoms with van der Waals surface area (Å²) in [6.07, 6.45) is 6.29. The number of hydrogen-bond donors (Lipinski definition) is 4. The van der Waals surface area contributed by atoms with Gasteiger partial charge in [0.1, 0.15) is 24.4 Å². The Morgan fingerprint density at radius 1 is 0.750 bits per heavy atom. The maximum Gasteiger partial charge on any atom is 0.397 e. The van der Waals surface area contributed by atoms with Crippen molar-refractivity contribution in [3.63, 3.8) is 0 Å². The number of aliphatic hydroxyl groups excluding tert-OH is 2. The van der Waals surface area contributed by atoms with Crippen molar-refractivity contribution in [2.45, 2.75) is 166 Å². The number of ether oxygens (including phenoxy) is 3. The molecule has 2 aromatic rings. The summed E-state index contributed by atoms with van der Waals surface area (Å²) in [5, 5.41) is 23.4. The number of rotatable bonds is 28. The summed E-state index contributed by atoms with van der Waals surface area (Å²) in [6, 6.07) is 18.1. The molecule has 0 saturated carbocycles. The minimum atomic E-state index is -5.17. The van der Waals surface area contributed by atoms with Crippen LogP contribution in [0.5, 0.6) is 0 Å². The van der Waals surface area contributed by atoms with Crippen LogP contribution in [-0.4, -0.2) is 84.4 Å². The number of esters is 2. The van der Waals surface area contributed by atoms with Gasteiger partial charge in [0, 0.05) is 12.8 Å². The van der Waals surface area contributed by atoms with Gasteiger partial charge in [0.2, 0.25) is 5.91 Å². The van der Waals surface area contributed by atoms with Gasteiger partial charge in [-0.1, -0.05) is 119 Å². The molecule has 0 aromatic heterocycles. The summed E-state index contributed by atoms with van der Waals surface area (Å²) < 4.78 is 54.8. The van der Waals surface area contributed by atoms with E-state index in [9.17, 15) is 37.6 Å². The first kappa shape index (κ1) is 47.0. The van der Waals surface area contributed by atoms with Crippen LogP contribution in [0.3, 0.4) is 0 Å². The Morgan fingerprint density at radius 2 is 1.29 bits per heavy atom. The van der Waals surface area contributed by atoms with Crippen LogP contribution >= 0.6 is 0 Å². The van der Waals surface area contributed by atoms with Crippen LogP contribution < -0.4 is 5.32 Å². The molecule has 14 heteroatoms. The number of nitrogens with one attached hydrogen (secondary N) is 1. The molecule has 314 valence electrons. The zero-order chi connectivity index (χ0) is 40.6. The lowest BCUT2D eigenvalue weighted by atomic mass is 9.96. The smallest absolute Gasteiger partial charge is 0.397 e. The van der Waals surface area contributed by atoms with Crippen molar-refractivity contribution in [2.24, 2.45) is 0 Å². The average molecular weight is 806 g/mol. The maximum absolute atomic E-state index is 13.6. The molecule has 1 aliphatic heterocycles. The molecule has 1 amide bonds. The Balaban J connectivity index is 1.65. The summed E-state index contributed by atoms with van der Waals surface area (Å²) in [6.45, 7) is 1.31. The molecule has 3 rings (SSSR count). The molecule has 1 unspecified atom stereocenters. The number of aliphatic hydroxyl groups is 2. The zero-order valence-corrected chi connectivity index (χ0v) is 33.6. The van der Waals surface area contributed by atoms with E-state index in [1.54, 1.807) is 0 Å². The number of amides is 1. The lowest BCUT2D eigenvalue weighted by molar-refractivity contribution is -0.254. The molecule has 0 bridgehead atoms. The predicted octanol–water partition coefficient (Wildman–Crippen LogP) is 6.33. The summed E-state index contributed by atoms with van der Waals surface area (Å²) in [4.78, 5) is 39.6. The van der Waals surface area contributed by atoms with Gasteiger partial charge in [-0.05, 0) is 62.5 Å². The second-order valence-corrected chi connectivity index (χ2v) is 15.7. The monoisotopic (exact) mass is 805 g/mol. The van der Waals surface area contributed by atoms with E-state index in [0.717, 1.165) is 50.5 Å². The fourth-order valence-corrected chi connectivity index (χ4v) is 7.41. The second-order valence-electron chi connectivity index (χ2n) is 14.6. The zero-order valence-electron chi connectivity index (χ0n) is 32.8. The van der Waals surface area contributed by atoms with Crippen molar-refractivity contribution < 1.29 is 56.0 Å². The van der Waals surface area contributed by atoms with Crippen LogP contribution in [0.4, 0.5) is 0 Å². The minimum absolute atomic E-state index is 0.0779. The number of hydrogen-bond acceptors (Lipinski definition) is 11. The quantitative estimate of drug-likeness (QED) is 0.0425. The maximum atomic E-state index is 13.6. The second kappa shape index (κ2) is 26.5. The third-order valence-corrected chi connectivity index (χ3v) is 10.4. The average Bonchev–Trinajstić information content (AvgIpc) is 3.17. The van der Waals surface area contributed by atoms with Crippen LogP contribution in [0.1, 0.15) is 127 Å². The largest absolute Gasteiger partial charge is 0.462 e. The van der Waals surface area contributed by atoms with E-state index in [4.69, 9.17) is 18.4 Å². The van der Waals surface area contributed by atoms with Crippen molar-refractivity contribution in [2.75, 3.05) is 6.61 Å². The highest BCUT2D eigenvalue weighted by molar-refractivity contribution is 7.80. The highest BCUT2D eigenvalue weighted by Crippen LogP contribution is 2.27. The van der Waals surface area contributed by atoms with Gasteiger partial charge in [-0.25, -0.2) is 4.18 Å². The van der Waals surface area contributed by atoms with Gasteiger partial charge in [0.25, 0.3) is 0 Å². The Labute approximate surface area is 332 Å². The standard InChI is InChI=1S/C42H63NO12S/c1-2-3-4-5-6-7-8-9-16-27-34(52-37(46)28-19-17-25-32-21-12-10-13-22-32)30-36(45)43-39-41(40(55-56(49,50)51)35(31-44)53-42(39)48)54-38(47)29-20-18-26-33-23-14-11-15-24-33/h10-15,21-24,34-35,39-42,44,48H,2-9,16-20,25-31H2,1H3,(H,43,45)(H,49,50,51)/t34-,35+,39+,40+,41+,42?/m0/s1. The minimum Gasteiger partial charge on any atom is -0.462 e. The van der Waals surface area contributed by atoms with Crippen molar-refractivity contribution in [1.29, 1.82) is 0 Å². The molecule has 0 aliphatic carbocycles. The SMILES string of the molecule is CCCCCCCCCCC[C@@H](CC(=O)N[C@H]1C(O)O[C@H](CO)[C@@H](OS(=O)(=O)O)[C@@H]1OC(=O)CCCCc1ccccc1)OC(=O)CCCCc1ccccc1. The fourth-order valence-electron chi connectivity index (χ4n) is 6.90. The molecular formula is C42H63NO12S. The molecule has 56 heavy (non-hydrogen) atoms. The summed E-state index contributed by atoms with van der Waals surface area (Å²) in [5.74, 6) is -1.90. The van der Waals surface area contributed by atoms with E-state index in [1.165, 1.54) is 31.2 Å². The lowest BCUT2D eigenvalue weighted by Gasteiger charge is -2.43. The highest BCUT2D eigenvalue weighted by Gasteiger charge is 2.50. The van der Waals surface area contributed by atoms with E-state index in [2.05, 4.69) is 12.2 Å². The molecule has 6 atom stereocenters. The fraction of sp³-hybridized carbons (Fsp3) is 0.643. The van der Waals surface area contributed by atoms with E-state index >= 15 is 0 Å². The third-order valence-electron chi connectivity index (χ3n) is 9.89. The Hall–Kier alpha value is -3.40. The molecule has 0 spiro atoms. The van der Waals surface area contributed by atoms with Gasteiger partial charge in [0.05, 0.1) is 13.0 Å². The lowest BCUT2D eigenvalue weighted by Crippen LogP contribution is -2.66. The van der Waals surface area contributed by atoms with Gasteiger partial charge in [-0.3, -0.25) is 18.9 Å². The van der Waals surface area contributed by atoms with Gasteiger partial charge in [-0.2, -0.15) is 8.42 Å². The molecule has 1 aliphatic rings. The van der Waals surface area contributed by atoms with E-state index in [1.807, 2.05) is 60.7 Å². The molecule has 0 radical (unpaired) electrons. The van der Waals surface area contributed by atoms with Crippen molar-refractivity contribution in [3.8, 4) is 0 Å². The first-order valence-electron chi connectivity index (χ1n) is 20.3. The number of benzene rings is 2.